The monoisotopic (exact) mass is 413 g/mol. The molecule has 160 valence electrons. The summed E-state index contributed by atoms with van der Waals surface area (Å²) in [6.07, 6.45) is 1.68. The van der Waals surface area contributed by atoms with Gasteiger partial charge in [0.15, 0.2) is 0 Å². The van der Waals surface area contributed by atoms with E-state index in [1.807, 2.05) is 6.07 Å². The van der Waals surface area contributed by atoms with E-state index < -0.39 is 5.97 Å². The van der Waals surface area contributed by atoms with Crippen LogP contribution in [0.4, 0.5) is 0 Å². The third kappa shape index (κ3) is 4.88. The zero-order chi connectivity index (χ0) is 21.8. The maximum atomic E-state index is 11.7. The predicted molar refractivity (Wildman–Crippen MR) is 126 cm³/mol. The molecule has 31 heavy (non-hydrogen) atoms. The number of hydrogen-bond donors (Lipinski definition) is 1. The van der Waals surface area contributed by atoms with E-state index in [4.69, 9.17) is 0 Å². The van der Waals surface area contributed by atoms with Crippen molar-refractivity contribution >= 4 is 5.97 Å². The summed E-state index contributed by atoms with van der Waals surface area (Å²) in [6.45, 7) is 5.92. The maximum absolute atomic E-state index is 11.7. The van der Waals surface area contributed by atoms with E-state index in [1.165, 1.54) is 27.8 Å². The van der Waals surface area contributed by atoms with Gasteiger partial charge in [-0.1, -0.05) is 92.7 Å². The largest absolute Gasteiger partial charge is 0.481 e. The van der Waals surface area contributed by atoms with Crippen LogP contribution in [0.5, 0.6) is 0 Å². The Hall–Kier alpha value is -2.91. The van der Waals surface area contributed by atoms with Crippen molar-refractivity contribution in [2.75, 3.05) is 13.1 Å². The molecule has 4 rings (SSSR count). The van der Waals surface area contributed by atoms with Crippen molar-refractivity contribution in [1.29, 1.82) is 0 Å². The molecule has 3 nitrogen and oxygen atoms in total. The van der Waals surface area contributed by atoms with Gasteiger partial charge >= 0.3 is 5.97 Å². The molecule has 1 aliphatic heterocycles. The van der Waals surface area contributed by atoms with E-state index in [1.54, 1.807) is 0 Å². The van der Waals surface area contributed by atoms with Gasteiger partial charge in [-0.05, 0) is 53.1 Å². The van der Waals surface area contributed by atoms with Crippen molar-refractivity contribution < 1.29 is 9.90 Å². The zero-order valence-corrected chi connectivity index (χ0v) is 18.4. The molecule has 3 aromatic rings. The Labute approximate surface area is 185 Å². The lowest BCUT2D eigenvalue weighted by Gasteiger charge is -2.37. The summed E-state index contributed by atoms with van der Waals surface area (Å²) in [5.41, 5.74) is 6.16. The van der Waals surface area contributed by atoms with Crippen molar-refractivity contribution in [3.8, 4) is 11.1 Å². The van der Waals surface area contributed by atoms with Gasteiger partial charge in [-0.25, -0.2) is 0 Å². The van der Waals surface area contributed by atoms with Gasteiger partial charge in [0.1, 0.15) is 0 Å². The highest BCUT2D eigenvalue weighted by molar-refractivity contribution is 5.70. The van der Waals surface area contributed by atoms with Gasteiger partial charge in [-0.3, -0.25) is 9.69 Å². The molecule has 2 atom stereocenters. The lowest BCUT2D eigenvalue weighted by molar-refractivity contribution is -0.143. The van der Waals surface area contributed by atoms with Gasteiger partial charge in [-0.15, -0.1) is 0 Å². The number of carbonyl (C=O) groups is 1. The first-order valence-corrected chi connectivity index (χ1v) is 11.2. The average molecular weight is 414 g/mol. The molecule has 1 saturated heterocycles. The summed E-state index contributed by atoms with van der Waals surface area (Å²) in [5, 5.41) is 9.61. The van der Waals surface area contributed by atoms with Gasteiger partial charge < -0.3 is 5.11 Å². The molecular formula is C28H31NO2. The fraction of sp³-hybridized carbons (Fsp3) is 0.321. The SMILES string of the molecule is CC(C)c1ccc(C(c2ccc(-c3ccccc3)cc2)N2CCCC(C(=O)O)C2)cc1. The summed E-state index contributed by atoms with van der Waals surface area (Å²) in [6, 6.07) is 28.1. The van der Waals surface area contributed by atoms with Crippen LogP contribution in [-0.2, 0) is 4.79 Å². The molecule has 1 fully saturated rings. The minimum Gasteiger partial charge on any atom is -0.481 e. The third-order valence-electron chi connectivity index (χ3n) is 6.42. The van der Waals surface area contributed by atoms with E-state index in [2.05, 4.69) is 91.5 Å². The number of benzene rings is 3. The Morgan fingerprint density at radius 2 is 1.39 bits per heavy atom. The molecule has 0 radical (unpaired) electrons. The summed E-state index contributed by atoms with van der Waals surface area (Å²) in [4.78, 5) is 14.0. The van der Waals surface area contributed by atoms with Crippen LogP contribution in [-0.4, -0.2) is 29.1 Å². The van der Waals surface area contributed by atoms with E-state index in [9.17, 15) is 9.90 Å². The lowest BCUT2D eigenvalue weighted by Crippen LogP contribution is -2.41. The molecular weight excluding hydrogens is 382 g/mol. The molecule has 0 saturated carbocycles. The van der Waals surface area contributed by atoms with Crippen LogP contribution in [0.1, 0.15) is 55.3 Å². The molecule has 2 unspecified atom stereocenters. The quantitative estimate of drug-likeness (QED) is 0.511. The van der Waals surface area contributed by atoms with Crippen molar-refractivity contribution in [2.45, 2.75) is 38.6 Å². The first-order chi connectivity index (χ1) is 15.0. The standard InChI is InChI=1S/C28H31NO2/c1-20(2)21-10-14-24(15-11-21)27(29-18-6-9-26(19-29)28(30)31)25-16-12-23(13-17-25)22-7-4-3-5-8-22/h3-5,7-8,10-17,20,26-27H,6,9,18-19H2,1-2H3,(H,30,31). The number of carboxylic acid groups (broad SMARTS) is 1. The first-order valence-electron chi connectivity index (χ1n) is 11.2. The molecule has 0 spiro atoms. The average Bonchev–Trinajstić information content (AvgIpc) is 2.81. The highest BCUT2D eigenvalue weighted by Crippen LogP contribution is 2.34. The van der Waals surface area contributed by atoms with Crippen LogP contribution in [0.3, 0.4) is 0 Å². The van der Waals surface area contributed by atoms with Gasteiger partial charge in [0.25, 0.3) is 0 Å². The molecule has 0 aliphatic carbocycles. The minimum atomic E-state index is -0.682. The molecule has 0 aromatic heterocycles. The number of rotatable bonds is 6. The fourth-order valence-corrected chi connectivity index (χ4v) is 4.61. The maximum Gasteiger partial charge on any atom is 0.307 e. The van der Waals surface area contributed by atoms with Crippen LogP contribution < -0.4 is 0 Å². The van der Waals surface area contributed by atoms with Crippen LogP contribution in [0.2, 0.25) is 0 Å². The summed E-state index contributed by atoms with van der Waals surface area (Å²) in [7, 11) is 0. The molecule has 0 bridgehead atoms. The number of likely N-dealkylation sites (tertiary alicyclic amines) is 1. The molecule has 3 aromatic carbocycles. The Kier molecular flexibility index (Phi) is 6.53. The van der Waals surface area contributed by atoms with Gasteiger partial charge in [0.05, 0.1) is 12.0 Å². The van der Waals surface area contributed by atoms with Crippen molar-refractivity contribution in [1.82, 2.24) is 4.90 Å². The van der Waals surface area contributed by atoms with E-state index >= 15 is 0 Å². The number of aliphatic carboxylic acids is 1. The minimum absolute atomic E-state index is 0.0631. The zero-order valence-electron chi connectivity index (χ0n) is 18.4. The molecule has 3 heteroatoms. The van der Waals surface area contributed by atoms with Crippen molar-refractivity contribution in [2.24, 2.45) is 5.92 Å². The van der Waals surface area contributed by atoms with E-state index in [-0.39, 0.29) is 12.0 Å². The van der Waals surface area contributed by atoms with E-state index in [0.717, 1.165) is 19.4 Å². The number of carboxylic acids is 1. The van der Waals surface area contributed by atoms with Crippen LogP contribution >= 0.6 is 0 Å². The molecule has 1 heterocycles. The lowest BCUT2D eigenvalue weighted by atomic mass is 9.89. The number of piperidine rings is 1. The fourth-order valence-electron chi connectivity index (χ4n) is 4.61. The predicted octanol–water partition coefficient (Wildman–Crippen LogP) is 6.36. The van der Waals surface area contributed by atoms with Gasteiger partial charge in [-0.2, -0.15) is 0 Å². The second kappa shape index (κ2) is 9.49. The molecule has 1 N–H and O–H groups in total. The Morgan fingerprint density at radius 3 is 1.97 bits per heavy atom. The topological polar surface area (TPSA) is 40.5 Å². The van der Waals surface area contributed by atoms with Crippen LogP contribution in [0.25, 0.3) is 11.1 Å². The second-order valence-electron chi connectivity index (χ2n) is 8.88. The third-order valence-corrected chi connectivity index (χ3v) is 6.42. The van der Waals surface area contributed by atoms with Crippen molar-refractivity contribution in [3.05, 3.63) is 95.6 Å². The van der Waals surface area contributed by atoms with Crippen LogP contribution in [0, 0.1) is 5.92 Å². The molecule has 0 amide bonds. The highest BCUT2D eigenvalue weighted by atomic mass is 16.4. The number of nitrogens with zero attached hydrogens (tertiary/aromatic N) is 1. The van der Waals surface area contributed by atoms with Crippen molar-refractivity contribution in [3.63, 3.8) is 0 Å². The van der Waals surface area contributed by atoms with E-state index in [0.29, 0.717) is 12.5 Å². The number of hydrogen-bond acceptors (Lipinski definition) is 2. The Bertz CT molecular complexity index is 993. The molecule has 1 aliphatic rings. The smallest absolute Gasteiger partial charge is 0.307 e. The Balaban J connectivity index is 1.69. The summed E-state index contributed by atoms with van der Waals surface area (Å²) < 4.78 is 0. The normalized spacial score (nSPS) is 18.1. The summed E-state index contributed by atoms with van der Waals surface area (Å²) >= 11 is 0. The Morgan fingerprint density at radius 1 is 0.839 bits per heavy atom. The first kappa shape index (κ1) is 21.3. The van der Waals surface area contributed by atoms with Gasteiger partial charge in [0, 0.05) is 6.54 Å². The van der Waals surface area contributed by atoms with Crippen LogP contribution in [0.15, 0.2) is 78.9 Å². The second-order valence-corrected chi connectivity index (χ2v) is 8.88. The van der Waals surface area contributed by atoms with Gasteiger partial charge in [0.2, 0.25) is 0 Å². The summed E-state index contributed by atoms with van der Waals surface area (Å²) in [5.74, 6) is -0.489. The highest BCUT2D eigenvalue weighted by Gasteiger charge is 2.31.